The molecule has 2 aromatic rings. The molecule has 2 rings (SSSR count). The topological polar surface area (TPSA) is 0 Å². The Labute approximate surface area is 157 Å². The summed E-state index contributed by atoms with van der Waals surface area (Å²) in [6, 6.07) is 17.5. The van der Waals surface area contributed by atoms with E-state index in [1.807, 2.05) is 0 Å². The van der Waals surface area contributed by atoms with Gasteiger partial charge in [-0.25, -0.2) is 0 Å². The van der Waals surface area contributed by atoms with Crippen molar-refractivity contribution in [3.8, 4) is 0 Å². The van der Waals surface area contributed by atoms with Gasteiger partial charge in [-0.05, 0) is 31.4 Å². The molecule has 2 aromatic carbocycles. The number of rotatable bonds is 2. The number of hydrogen-bond acceptors (Lipinski definition) is 0. The van der Waals surface area contributed by atoms with Crippen LogP contribution in [-0.2, 0) is 6.42 Å². The van der Waals surface area contributed by atoms with Crippen LogP contribution in [0.15, 0.2) is 48.5 Å². The van der Waals surface area contributed by atoms with E-state index in [1.165, 1.54) is 22.3 Å². The van der Waals surface area contributed by atoms with Crippen molar-refractivity contribution >= 4 is 68.9 Å². The van der Waals surface area contributed by atoms with Gasteiger partial charge in [0, 0.05) is 68.9 Å². The zero-order chi connectivity index (χ0) is 10.7. The van der Waals surface area contributed by atoms with Crippen LogP contribution < -0.4 is 0 Å². The van der Waals surface area contributed by atoms with Crippen LogP contribution in [0.4, 0.5) is 0 Å². The Hall–Kier alpha value is 0.492. The molecule has 0 aliphatic heterocycles. The third-order valence-electron chi connectivity index (χ3n) is 2.65. The Kier molecular flexibility index (Phi) is 6.41. The fourth-order valence-corrected chi connectivity index (χ4v) is 1.65. The van der Waals surface area contributed by atoms with Gasteiger partial charge in [-0.1, -0.05) is 59.7 Å². The Morgan fingerprint density at radius 1 is 0.625 bits per heavy atom. The van der Waals surface area contributed by atoms with Crippen LogP contribution in [0.25, 0.3) is 0 Å². The van der Waals surface area contributed by atoms with Crippen molar-refractivity contribution in [2.75, 3.05) is 0 Å². The van der Waals surface area contributed by atoms with Gasteiger partial charge in [0.05, 0.1) is 0 Å². The molecule has 16 heavy (non-hydrogen) atoms. The summed E-state index contributed by atoms with van der Waals surface area (Å²) in [5, 5.41) is 0. The Balaban J connectivity index is 0.00000128. The van der Waals surface area contributed by atoms with Crippen molar-refractivity contribution in [2.24, 2.45) is 0 Å². The summed E-state index contributed by atoms with van der Waals surface area (Å²) in [5.74, 6) is 0. The minimum Gasteiger partial charge on any atom is -0.0590 e. The van der Waals surface area contributed by atoms with E-state index in [2.05, 4.69) is 62.4 Å². The molecule has 0 amide bonds. The molecule has 0 nitrogen and oxygen atoms in total. The van der Waals surface area contributed by atoms with Gasteiger partial charge in [0.15, 0.2) is 0 Å². The number of aryl methyl sites for hydroxylation is 2. The van der Waals surface area contributed by atoms with Crippen LogP contribution in [0.5, 0.6) is 0 Å². The van der Waals surface area contributed by atoms with Gasteiger partial charge >= 0.3 is 0 Å². The number of hydrogen-bond donors (Lipinski definition) is 0. The second-order valence-electron chi connectivity index (χ2n) is 4.15. The smallest absolute Gasteiger partial charge is 0 e. The molecule has 0 saturated heterocycles. The van der Waals surface area contributed by atoms with Gasteiger partial charge in [0.1, 0.15) is 0 Å². The van der Waals surface area contributed by atoms with E-state index in [1.54, 1.807) is 0 Å². The normalized spacial score (nSPS) is 9.62. The van der Waals surface area contributed by atoms with Crippen LogP contribution in [0.3, 0.4) is 0 Å². The van der Waals surface area contributed by atoms with Gasteiger partial charge in [-0.2, -0.15) is 0 Å². The van der Waals surface area contributed by atoms with Crippen molar-refractivity contribution in [3.63, 3.8) is 0 Å². The average molecular weight is 329 g/mol. The first kappa shape index (κ1) is 14.6. The molecule has 0 saturated carbocycles. The zero-order valence-electron chi connectivity index (χ0n) is 10.3. The molecule has 0 spiro atoms. The van der Waals surface area contributed by atoms with Gasteiger partial charge in [0.2, 0.25) is 0 Å². The van der Waals surface area contributed by atoms with Crippen LogP contribution in [0, 0.1) is 13.8 Å². The van der Waals surface area contributed by atoms with Crippen LogP contribution in [0.1, 0.15) is 22.3 Å². The summed E-state index contributed by atoms with van der Waals surface area (Å²) in [7, 11) is 0. The molecule has 0 aromatic heterocycles. The first-order valence-electron chi connectivity index (χ1n) is 5.35. The van der Waals surface area contributed by atoms with Crippen molar-refractivity contribution in [3.05, 3.63) is 70.8 Å². The maximum atomic E-state index is 2.20. The number of benzene rings is 2. The third kappa shape index (κ3) is 4.40. The minimum absolute atomic E-state index is 0. The van der Waals surface area contributed by atoms with Crippen molar-refractivity contribution in [1.82, 2.24) is 0 Å². The second-order valence-corrected chi connectivity index (χ2v) is 4.15. The summed E-state index contributed by atoms with van der Waals surface area (Å²) < 4.78 is 0. The second kappa shape index (κ2) is 7.04. The van der Waals surface area contributed by atoms with E-state index in [-0.39, 0.29) is 68.9 Å². The summed E-state index contributed by atoms with van der Waals surface area (Å²) in [4.78, 5) is 0. The predicted molar refractivity (Wildman–Crippen MR) is 70.9 cm³/mol. The van der Waals surface area contributed by atoms with Gasteiger partial charge in [-0.3, -0.25) is 0 Å². The first-order chi connectivity index (χ1) is 7.24. The SMILES string of the molecule is Cc1ccc(Cc2ccc(C)cc2)cc1.[Cs]. The molecular weight excluding hydrogens is 313 g/mol. The molecule has 0 bridgehead atoms. The Morgan fingerprint density at radius 3 is 1.25 bits per heavy atom. The maximum Gasteiger partial charge on any atom is 0 e. The van der Waals surface area contributed by atoms with Gasteiger partial charge in [-0.15, -0.1) is 0 Å². The Bertz CT molecular complexity index is 382. The quantitative estimate of drug-likeness (QED) is 0.791. The summed E-state index contributed by atoms with van der Waals surface area (Å²) in [6.07, 6.45) is 1.03. The molecule has 77 valence electrons. The maximum absolute atomic E-state index is 2.20. The monoisotopic (exact) mass is 329 g/mol. The van der Waals surface area contributed by atoms with E-state index >= 15 is 0 Å². The fraction of sp³-hybridized carbons (Fsp3) is 0.200. The zero-order valence-corrected chi connectivity index (χ0v) is 16.6. The summed E-state index contributed by atoms with van der Waals surface area (Å²) >= 11 is 0. The van der Waals surface area contributed by atoms with Crippen LogP contribution >= 0.6 is 0 Å². The van der Waals surface area contributed by atoms with Crippen molar-refractivity contribution in [1.29, 1.82) is 0 Å². The molecule has 1 heteroatoms. The molecule has 0 heterocycles. The molecule has 1 radical (unpaired) electrons. The first-order valence-corrected chi connectivity index (χ1v) is 5.35. The Morgan fingerprint density at radius 2 is 0.938 bits per heavy atom. The standard InChI is InChI=1S/C15H16.Cs/c1-12-3-7-14(8-4-12)11-15-9-5-13(2)6-10-15;/h3-10H,11H2,1-2H3;. The molecule has 0 atom stereocenters. The molecule has 0 aliphatic carbocycles. The molecule has 0 N–H and O–H groups in total. The van der Waals surface area contributed by atoms with E-state index in [0.29, 0.717) is 0 Å². The van der Waals surface area contributed by atoms with E-state index in [4.69, 9.17) is 0 Å². The van der Waals surface area contributed by atoms with E-state index in [0.717, 1.165) is 6.42 Å². The summed E-state index contributed by atoms with van der Waals surface area (Å²) in [5.41, 5.74) is 5.40. The van der Waals surface area contributed by atoms with E-state index < -0.39 is 0 Å². The van der Waals surface area contributed by atoms with Gasteiger partial charge in [0.25, 0.3) is 0 Å². The van der Waals surface area contributed by atoms with Gasteiger partial charge < -0.3 is 0 Å². The third-order valence-corrected chi connectivity index (χ3v) is 2.65. The summed E-state index contributed by atoms with van der Waals surface area (Å²) in [6.45, 7) is 4.24. The molecular formula is C15H16Cs. The fourth-order valence-electron chi connectivity index (χ4n) is 1.65. The van der Waals surface area contributed by atoms with Crippen LogP contribution in [-0.4, -0.2) is 68.9 Å². The average Bonchev–Trinajstić information content (AvgIpc) is 2.25. The van der Waals surface area contributed by atoms with Crippen molar-refractivity contribution < 1.29 is 0 Å². The van der Waals surface area contributed by atoms with Crippen molar-refractivity contribution in [2.45, 2.75) is 20.3 Å². The largest absolute Gasteiger partial charge is 0.0590 e. The molecule has 0 fully saturated rings. The minimum atomic E-state index is 0. The molecule has 0 unspecified atom stereocenters. The van der Waals surface area contributed by atoms with E-state index in [9.17, 15) is 0 Å². The molecule has 0 aliphatic rings. The van der Waals surface area contributed by atoms with Crippen LogP contribution in [0.2, 0.25) is 0 Å². The predicted octanol–water partition coefficient (Wildman–Crippen LogP) is 3.51.